The van der Waals surface area contributed by atoms with Gasteiger partial charge in [-0.2, -0.15) is 10.4 Å². The third-order valence-corrected chi connectivity index (χ3v) is 4.96. The third-order valence-electron chi connectivity index (χ3n) is 4.23. The number of rotatable bonds is 9. The van der Waals surface area contributed by atoms with Crippen LogP contribution >= 0.6 is 15.9 Å². The molecule has 32 heavy (non-hydrogen) atoms. The van der Waals surface area contributed by atoms with Crippen molar-refractivity contribution < 1.29 is 32.2 Å². The minimum atomic E-state index is -0.951. The molecule has 0 radical (unpaired) electrons. The predicted octanol–water partition coefficient (Wildman–Crippen LogP) is 4.71. The van der Waals surface area contributed by atoms with Gasteiger partial charge < -0.3 is 9.73 Å². The van der Waals surface area contributed by atoms with E-state index in [0.29, 0.717) is 12.7 Å². The molecule has 0 fully saturated rings. The van der Waals surface area contributed by atoms with Gasteiger partial charge in [0.2, 0.25) is 0 Å². The van der Waals surface area contributed by atoms with Crippen LogP contribution in [0.4, 0.5) is 17.6 Å². The Bertz CT molecular complexity index is 1150. The van der Waals surface area contributed by atoms with Gasteiger partial charge >= 0.3 is 0 Å². The van der Waals surface area contributed by atoms with Gasteiger partial charge in [0.15, 0.2) is 5.75 Å². The maximum Gasteiger partial charge on any atom is 0.273 e. The van der Waals surface area contributed by atoms with E-state index in [1.54, 1.807) is 6.92 Å². The highest BCUT2D eigenvalue weighted by Gasteiger charge is 2.21. The first-order valence-electron chi connectivity index (χ1n) is 9.30. The summed E-state index contributed by atoms with van der Waals surface area (Å²) < 4.78 is 56.2. The van der Waals surface area contributed by atoms with Crippen molar-refractivity contribution in [3.8, 4) is 11.4 Å². The number of hydroxylamine groups is 1. The van der Waals surface area contributed by atoms with Gasteiger partial charge in [-0.05, 0) is 41.1 Å². The van der Waals surface area contributed by atoms with Crippen molar-refractivity contribution in [2.45, 2.75) is 20.1 Å². The third kappa shape index (κ3) is 5.36. The normalized spacial score (nSPS) is 11.1. The quantitative estimate of drug-likeness (QED) is 0.193. The number of nitrogens with zero attached hydrogens (tertiary/aromatic N) is 1. The second kappa shape index (κ2) is 10.7. The van der Waals surface area contributed by atoms with Gasteiger partial charge in [-0.3, -0.25) is 9.36 Å². The molecule has 0 spiro atoms. The molecule has 0 aliphatic rings. The van der Waals surface area contributed by atoms with Crippen LogP contribution < -0.4 is 15.9 Å². The van der Waals surface area contributed by atoms with Crippen LogP contribution in [0.25, 0.3) is 5.69 Å². The highest BCUT2D eigenvalue weighted by Crippen LogP contribution is 2.27. The van der Waals surface area contributed by atoms with Crippen LogP contribution in [-0.4, -0.2) is 11.2 Å². The monoisotopic (exact) mass is 516 g/mol. The second-order valence-corrected chi connectivity index (χ2v) is 7.15. The Morgan fingerprint density at radius 2 is 1.75 bits per heavy atom. The second-order valence-electron chi connectivity index (χ2n) is 6.36. The Kier molecular flexibility index (Phi) is 8.02. The van der Waals surface area contributed by atoms with Gasteiger partial charge in [0.25, 0.3) is 5.56 Å². The number of benzene rings is 2. The van der Waals surface area contributed by atoms with Crippen molar-refractivity contribution in [2.75, 3.05) is 6.61 Å². The fourth-order valence-corrected chi connectivity index (χ4v) is 3.13. The molecule has 0 amide bonds. The molecule has 0 atom stereocenters. The zero-order chi connectivity index (χ0) is 23.3. The summed E-state index contributed by atoms with van der Waals surface area (Å²) in [6.45, 7) is 1.50. The lowest BCUT2D eigenvalue weighted by molar-refractivity contribution is -0.218. The molecule has 2 aromatic carbocycles. The van der Waals surface area contributed by atoms with Crippen LogP contribution in [0.15, 0.2) is 51.7 Å². The van der Waals surface area contributed by atoms with Crippen LogP contribution in [0.1, 0.15) is 18.2 Å². The Balaban J connectivity index is 1.95. The molecule has 3 rings (SSSR count). The van der Waals surface area contributed by atoms with E-state index < -0.39 is 41.1 Å². The topological polar surface area (TPSA) is 61.7 Å². The molecule has 1 heterocycles. The summed E-state index contributed by atoms with van der Waals surface area (Å²) in [6.07, 6.45) is 0. The first-order valence-corrected chi connectivity index (χ1v) is 10.1. The smallest absolute Gasteiger partial charge is 0.273 e. The van der Waals surface area contributed by atoms with Crippen LogP contribution in [-0.2, 0) is 22.9 Å². The molecule has 0 saturated carbocycles. The standard InChI is InChI=1S/C21H17BrF4N2O4/c1-2-30-27-10-14-9-18(32-31-11-12-6-7-13(23)8-17(12)26)19(22)21(29)28(14)20-15(24)4-3-5-16(20)25/h3-9,27H,2,10-11H2,1H3. The van der Waals surface area contributed by atoms with E-state index in [2.05, 4.69) is 21.4 Å². The van der Waals surface area contributed by atoms with Gasteiger partial charge in [0, 0.05) is 23.4 Å². The molecule has 0 saturated heterocycles. The lowest BCUT2D eigenvalue weighted by Gasteiger charge is -2.17. The number of pyridine rings is 1. The Morgan fingerprint density at radius 1 is 1.03 bits per heavy atom. The van der Waals surface area contributed by atoms with Crippen molar-refractivity contribution in [1.29, 1.82) is 0 Å². The van der Waals surface area contributed by atoms with E-state index in [-0.39, 0.29) is 28.0 Å². The zero-order valence-electron chi connectivity index (χ0n) is 16.6. The minimum absolute atomic E-state index is 0.0162. The number of hydrogen-bond acceptors (Lipinski definition) is 5. The highest BCUT2D eigenvalue weighted by atomic mass is 79.9. The van der Waals surface area contributed by atoms with Crippen molar-refractivity contribution >= 4 is 15.9 Å². The van der Waals surface area contributed by atoms with Crippen LogP contribution in [0.3, 0.4) is 0 Å². The van der Waals surface area contributed by atoms with E-state index in [1.807, 2.05) is 0 Å². The molecule has 6 nitrogen and oxygen atoms in total. The predicted molar refractivity (Wildman–Crippen MR) is 110 cm³/mol. The molecular formula is C21H17BrF4N2O4. The van der Waals surface area contributed by atoms with Crippen molar-refractivity contribution in [3.05, 3.63) is 91.8 Å². The molecular weight excluding hydrogens is 500 g/mol. The molecule has 1 N–H and O–H groups in total. The number of nitrogens with one attached hydrogen (secondary N) is 1. The first-order chi connectivity index (χ1) is 15.3. The Hall–Kier alpha value is -2.73. The maximum absolute atomic E-state index is 14.4. The van der Waals surface area contributed by atoms with Crippen molar-refractivity contribution in [1.82, 2.24) is 10.0 Å². The average molecular weight is 517 g/mol. The maximum atomic E-state index is 14.4. The fraction of sp³-hybridized carbons (Fsp3) is 0.190. The van der Waals surface area contributed by atoms with Gasteiger partial charge in [0.1, 0.15) is 40.0 Å². The molecule has 170 valence electrons. The summed E-state index contributed by atoms with van der Waals surface area (Å²) in [7, 11) is 0. The lowest BCUT2D eigenvalue weighted by atomic mass is 10.2. The summed E-state index contributed by atoms with van der Waals surface area (Å²) in [5.41, 5.74) is 1.26. The van der Waals surface area contributed by atoms with E-state index in [9.17, 15) is 22.4 Å². The van der Waals surface area contributed by atoms with E-state index in [1.165, 1.54) is 18.2 Å². The van der Waals surface area contributed by atoms with Crippen LogP contribution in [0.2, 0.25) is 0 Å². The van der Waals surface area contributed by atoms with Crippen molar-refractivity contribution in [2.24, 2.45) is 0 Å². The fourth-order valence-electron chi connectivity index (χ4n) is 2.77. The van der Waals surface area contributed by atoms with E-state index >= 15 is 0 Å². The van der Waals surface area contributed by atoms with Gasteiger partial charge in [-0.25, -0.2) is 17.6 Å². The molecule has 3 aromatic rings. The van der Waals surface area contributed by atoms with E-state index in [0.717, 1.165) is 22.8 Å². The summed E-state index contributed by atoms with van der Waals surface area (Å²) in [5, 5.41) is 0. The Labute approximate surface area is 188 Å². The average Bonchev–Trinajstić information content (AvgIpc) is 2.74. The summed E-state index contributed by atoms with van der Waals surface area (Å²) in [6, 6.07) is 7.43. The number of aromatic nitrogens is 1. The largest absolute Gasteiger partial charge is 0.336 e. The van der Waals surface area contributed by atoms with Crippen LogP contribution in [0.5, 0.6) is 5.75 Å². The van der Waals surface area contributed by atoms with Crippen molar-refractivity contribution in [3.63, 3.8) is 0 Å². The molecule has 0 unspecified atom stereocenters. The van der Waals surface area contributed by atoms with E-state index in [4.69, 9.17) is 14.6 Å². The van der Waals surface area contributed by atoms with Gasteiger partial charge in [0.05, 0.1) is 13.2 Å². The van der Waals surface area contributed by atoms with Gasteiger partial charge in [-0.15, -0.1) is 0 Å². The molecule has 1 aromatic heterocycles. The SMILES string of the molecule is CCONCc1cc(OOCc2ccc(F)cc2F)c(Br)c(=O)n1-c1c(F)cccc1F. The zero-order valence-corrected chi connectivity index (χ0v) is 18.2. The summed E-state index contributed by atoms with van der Waals surface area (Å²) >= 11 is 3.05. The molecule has 0 bridgehead atoms. The van der Waals surface area contributed by atoms with Gasteiger partial charge in [-0.1, -0.05) is 12.1 Å². The lowest BCUT2D eigenvalue weighted by Crippen LogP contribution is -2.28. The summed E-state index contributed by atoms with van der Waals surface area (Å²) in [4.78, 5) is 28.1. The Morgan fingerprint density at radius 3 is 2.41 bits per heavy atom. The first kappa shape index (κ1) is 23.9. The molecule has 0 aliphatic carbocycles. The molecule has 11 heteroatoms. The number of halogens is 5. The number of hydrogen-bond donors (Lipinski definition) is 1. The number of para-hydroxylation sites is 1. The summed E-state index contributed by atoms with van der Waals surface area (Å²) in [5.74, 6) is -3.61. The highest BCUT2D eigenvalue weighted by molar-refractivity contribution is 9.10. The van der Waals surface area contributed by atoms with Crippen LogP contribution in [0, 0.1) is 23.3 Å². The molecule has 0 aliphatic heterocycles. The minimum Gasteiger partial charge on any atom is -0.336 e.